The normalized spacial score (nSPS) is 23.1. The average molecular weight is 590 g/mol. The molecule has 4 aliphatic rings. The van der Waals surface area contributed by atoms with E-state index in [2.05, 4.69) is 10.5 Å². The zero-order valence-corrected chi connectivity index (χ0v) is 23.6. The standard InChI is InChI=1S/C34H24ClN3O5/c1-19(39)43-21-16-14-20(15-17-21)38-32(41)29-28-22-8-2-5-11-25(22)34(30(29)33(38)42,26-12-6-3-9-23(26)28)18-36-37-31(40)24-10-4-7-13-27(24)35/h2-18,28-30H,1H3,(H,37,40)/b36-18-/t28?,29-,30-,34?/m1/s1. The number of amides is 3. The number of nitrogens with zero attached hydrogens (tertiary/aromatic N) is 2. The summed E-state index contributed by atoms with van der Waals surface area (Å²) in [4.78, 5) is 54.3. The smallest absolute Gasteiger partial charge is 0.308 e. The zero-order chi connectivity index (χ0) is 29.9. The number of halogens is 1. The Kier molecular flexibility index (Phi) is 6.25. The molecule has 4 aromatic carbocycles. The summed E-state index contributed by atoms with van der Waals surface area (Å²) in [5.74, 6) is -3.20. The molecule has 0 aromatic heterocycles. The van der Waals surface area contributed by atoms with Crippen LogP contribution < -0.4 is 15.1 Å². The fourth-order valence-electron chi connectivity index (χ4n) is 7.03. The van der Waals surface area contributed by atoms with Crippen LogP contribution in [-0.2, 0) is 19.8 Å². The van der Waals surface area contributed by atoms with Crippen molar-refractivity contribution in [2.24, 2.45) is 16.9 Å². The summed E-state index contributed by atoms with van der Waals surface area (Å²) in [6.07, 6.45) is 1.60. The lowest BCUT2D eigenvalue weighted by Gasteiger charge is -2.52. The summed E-state index contributed by atoms with van der Waals surface area (Å²) < 4.78 is 5.14. The molecule has 2 bridgehead atoms. The number of hydrogen-bond acceptors (Lipinski definition) is 6. The molecule has 3 aliphatic carbocycles. The number of imide groups is 1. The van der Waals surface area contributed by atoms with Crippen LogP contribution in [0.25, 0.3) is 0 Å². The molecule has 1 fully saturated rings. The molecule has 1 N–H and O–H groups in total. The number of nitrogens with one attached hydrogen (secondary N) is 1. The quantitative estimate of drug-likeness (QED) is 0.113. The first-order valence-corrected chi connectivity index (χ1v) is 14.1. The second-order valence-electron chi connectivity index (χ2n) is 10.8. The van der Waals surface area contributed by atoms with Crippen molar-refractivity contribution in [1.82, 2.24) is 5.43 Å². The molecule has 1 saturated heterocycles. The Morgan fingerprint density at radius 1 is 0.860 bits per heavy atom. The van der Waals surface area contributed by atoms with Crippen LogP contribution in [0.15, 0.2) is 102 Å². The van der Waals surface area contributed by atoms with Crippen molar-refractivity contribution in [2.75, 3.05) is 4.90 Å². The molecule has 212 valence electrons. The maximum atomic E-state index is 14.4. The third kappa shape index (κ3) is 3.94. The van der Waals surface area contributed by atoms with Crippen LogP contribution >= 0.6 is 11.6 Å². The molecule has 9 heteroatoms. The summed E-state index contributed by atoms with van der Waals surface area (Å²) >= 11 is 6.23. The second-order valence-corrected chi connectivity index (χ2v) is 11.2. The van der Waals surface area contributed by atoms with E-state index in [1.54, 1.807) is 54.7 Å². The Balaban J connectivity index is 1.36. The van der Waals surface area contributed by atoms with Gasteiger partial charge in [-0.15, -0.1) is 0 Å². The largest absolute Gasteiger partial charge is 0.427 e. The van der Waals surface area contributed by atoms with Crippen molar-refractivity contribution < 1.29 is 23.9 Å². The van der Waals surface area contributed by atoms with E-state index in [1.165, 1.54) is 11.8 Å². The third-order valence-corrected chi connectivity index (χ3v) is 8.92. The van der Waals surface area contributed by atoms with Gasteiger partial charge in [0.2, 0.25) is 11.8 Å². The Bertz CT molecular complexity index is 1820. The summed E-state index contributed by atoms with van der Waals surface area (Å²) in [5.41, 5.74) is 5.71. The molecule has 3 amide bonds. The SMILES string of the molecule is CC(=O)Oc1ccc(N2C(=O)[C@@H]3C4c5ccccc5C(/C=N\NC(=O)c5ccccc5Cl)(c5ccccc54)[C@H]3C2=O)cc1. The lowest BCUT2D eigenvalue weighted by molar-refractivity contribution is -0.132. The van der Waals surface area contributed by atoms with Crippen LogP contribution in [0.3, 0.4) is 0 Å². The first-order valence-electron chi connectivity index (χ1n) is 13.8. The van der Waals surface area contributed by atoms with Crippen molar-refractivity contribution in [2.45, 2.75) is 18.3 Å². The van der Waals surface area contributed by atoms with Crippen LogP contribution in [0.2, 0.25) is 5.02 Å². The van der Waals surface area contributed by atoms with Gasteiger partial charge in [0.15, 0.2) is 0 Å². The minimum Gasteiger partial charge on any atom is -0.427 e. The average Bonchev–Trinajstić information content (AvgIpc) is 3.28. The number of carbonyl (C=O) groups excluding carboxylic acids is 4. The molecular formula is C34H24ClN3O5. The molecule has 8 rings (SSSR count). The fourth-order valence-corrected chi connectivity index (χ4v) is 7.25. The molecule has 4 aromatic rings. The fraction of sp³-hybridized carbons (Fsp3) is 0.147. The van der Waals surface area contributed by atoms with Crippen molar-refractivity contribution >= 4 is 47.2 Å². The van der Waals surface area contributed by atoms with E-state index in [9.17, 15) is 19.2 Å². The number of anilines is 1. The summed E-state index contributed by atoms with van der Waals surface area (Å²) in [5, 5.41) is 4.71. The van der Waals surface area contributed by atoms with E-state index in [-0.39, 0.29) is 28.3 Å². The molecule has 1 aliphatic heterocycles. The first kappa shape index (κ1) is 26.8. The third-order valence-electron chi connectivity index (χ3n) is 8.59. The van der Waals surface area contributed by atoms with Gasteiger partial charge in [0.05, 0.1) is 33.5 Å². The molecule has 1 heterocycles. The number of hydrazone groups is 1. The van der Waals surface area contributed by atoms with Crippen LogP contribution in [-0.4, -0.2) is 29.9 Å². The van der Waals surface area contributed by atoms with Gasteiger partial charge >= 0.3 is 5.97 Å². The maximum absolute atomic E-state index is 14.4. The highest BCUT2D eigenvalue weighted by atomic mass is 35.5. The first-order chi connectivity index (χ1) is 20.8. The summed E-state index contributed by atoms with van der Waals surface area (Å²) in [6.45, 7) is 1.30. The Labute approximate surface area is 251 Å². The van der Waals surface area contributed by atoms with Crippen LogP contribution in [0.4, 0.5) is 5.69 Å². The summed E-state index contributed by atoms with van der Waals surface area (Å²) in [6, 6.07) is 28.5. The highest BCUT2D eigenvalue weighted by molar-refractivity contribution is 6.33. The predicted octanol–water partition coefficient (Wildman–Crippen LogP) is 5.23. The highest BCUT2D eigenvalue weighted by Crippen LogP contribution is 2.63. The summed E-state index contributed by atoms with van der Waals surface area (Å²) in [7, 11) is 0. The second kappa shape index (κ2) is 10.0. The predicted molar refractivity (Wildman–Crippen MR) is 160 cm³/mol. The highest BCUT2D eigenvalue weighted by Gasteiger charge is 2.68. The molecule has 0 spiro atoms. The van der Waals surface area contributed by atoms with Crippen molar-refractivity contribution in [3.05, 3.63) is 130 Å². The molecule has 0 unspecified atom stereocenters. The van der Waals surface area contributed by atoms with Gasteiger partial charge in [0.25, 0.3) is 5.91 Å². The molecule has 0 radical (unpaired) electrons. The van der Waals surface area contributed by atoms with Gasteiger partial charge in [0.1, 0.15) is 5.75 Å². The maximum Gasteiger partial charge on any atom is 0.308 e. The zero-order valence-electron chi connectivity index (χ0n) is 22.9. The van der Waals surface area contributed by atoms with Gasteiger partial charge in [-0.2, -0.15) is 5.10 Å². The number of hydrogen-bond donors (Lipinski definition) is 1. The molecule has 2 atom stereocenters. The van der Waals surface area contributed by atoms with E-state index >= 15 is 0 Å². The lowest BCUT2D eigenvalue weighted by atomic mass is 9.47. The monoisotopic (exact) mass is 589 g/mol. The Hall–Kier alpha value is -5.08. The van der Waals surface area contributed by atoms with Crippen molar-refractivity contribution in [3.63, 3.8) is 0 Å². The Morgan fingerprint density at radius 2 is 1.47 bits per heavy atom. The molecular weight excluding hydrogens is 566 g/mol. The van der Waals surface area contributed by atoms with E-state index in [0.717, 1.165) is 22.3 Å². The van der Waals surface area contributed by atoms with Gasteiger partial charge in [-0.3, -0.25) is 19.2 Å². The van der Waals surface area contributed by atoms with Crippen LogP contribution in [0, 0.1) is 11.8 Å². The molecule has 43 heavy (non-hydrogen) atoms. The number of rotatable bonds is 5. The molecule has 8 nitrogen and oxygen atoms in total. The van der Waals surface area contributed by atoms with Gasteiger partial charge in [-0.1, -0.05) is 72.3 Å². The topological polar surface area (TPSA) is 105 Å². The van der Waals surface area contributed by atoms with E-state index in [4.69, 9.17) is 16.3 Å². The Morgan fingerprint density at radius 3 is 2.09 bits per heavy atom. The lowest BCUT2D eigenvalue weighted by Crippen LogP contribution is -2.54. The minimum atomic E-state index is -1.14. The van der Waals surface area contributed by atoms with Gasteiger partial charge < -0.3 is 4.74 Å². The minimum absolute atomic E-state index is 0.264. The van der Waals surface area contributed by atoms with Gasteiger partial charge in [-0.05, 0) is 58.7 Å². The van der Waals surface area contributed by atoms with Gasteiger partial charge in [-0.25, -0.2) is 10.3 Å². The molecule has 0 saturated carbocycles. The van der Waals surface area contributed by atoms with Crippen molar-refractivity contribution in [3.8, 4) is 5.75 Å². The van der Waals surface area contributed by atoms with Crippen LogP contribution in [0.1, 0.15) is 45.5 Å². The van der Waals surface area contributed by atoms with E-state index < -0.39 is 29.1 Å². The van der Waals surface area contributed by atoms with E-state index in [0.29, 0.717) is 11.4 Å². The number of esters is 1. The van der Waals surface area contributed by atoms with Crippen molar-refractivity contribution in [1.29, 1.82) is 0 Å². The number of ether oxygens (including phenoxy) is 1. The van der Waals surface area contributed by atoms with E-state index in [1.807, 2.05) is 48.5 Å². The van der Waals surface area contributed by atoms with Gasteiger partial charge in [0, 0.05) is 19.1 Å². The number of benzene rings is 4. The number of carbonyl (C=O) groups is 4. The van der Waals surface area contributed by atoms with Crippen LogP contribution in [0.5, 0.6) is 5.75 Å².